The van der Waals surface area contributed by atoms with Gasteiger partial charge < -0.3 is 5.32 Å². The Balaban J connectivity index is 2.67. The van der Waals surface area contributed by atoms with Crippen LogP contribution in [0.3, 0.4) is 0 Å². The van der Waals surface area contributed by atoms with Gasteiger partial charge in [0.05, 0.1) is 0 Å². The molecule has 0 unspecified atom stereocenters. The fraction of sp³-hybridized carbons (Fsp3) is 0.500. The number of hydrogen-bond donors (Lipinski definition) is 1. The first-order valence-corrected chi connectivity index (χ1v) is 6.84. The number of amides is 1. The number of hydrogen-bond acceptors (Lipinski definition) is 2. The maximum Gasteiger partial charge on any atom is 0.224 e. The summed E-state index contributed by atoms with van der Waals surface area (Å²) in [5.74, 6) is 0.577. The number of anilines is 1. The number of carbonyl (C=O) groups is 2. The Morgan fingerprint density at radius 1 is 1.16 bits per heavy atom. The van der Waals surface area contributed by atoms with E-state index in [0.29, 0.717) is 23.6 Å². The summed E-state index contributed by atoms with van der Waals surface area (Å²) in [5, 5.41) is 2.84. The Kier molecular flexibility index (Phi) is 5.74. The summed E-state index contributed by atoms with van der Waals surface area (Å²) in [6.07, 6.45) is 1.39. The Hall–Kier alpha value is -1.64. The molecule has 0 saturated heterocycles. The first kappa shape index (κ1) is 15.4. The average Bonchev–Trinajstić information content (AvgIpc) is 2.35. The number of ketones is 1. The molecule has 0 radical (unpaired) electrons. The van der Waals surface area contributed by atoms with Crippen molar-refractivity contribution >= 4 is 17.4 Å². The van der Waals surface area contributed by atoms with E-state index in [0.717, 1.165) is 6.42 Å². The molecule has 1 aromatic rings. The number of rotatable bonds is 6. The minimum absolute atomic E-state index is 0.00264. The van der Waals surface area contributed by atoms with Crippen LogP contribution < -0.4 is 5.32 Å². The van der Waals surface area contributed by atoms with Crippen molar-refractivity contribution < 1.29 is 9.59 Å². The van der Waals surface area contributed by atoms with Crippen LogP contribution in [0.15, 0.2) is 24.3 Å². The summed E-state index contributed by atoms with van der Waals surface area (Å²) in [5.41, 5.74) is 1.34. The first-order chi connectivity index (χ1) is 8.90. The maximum atomic E-state index is 11.9. The maximum absolute atomic E-state index is 11.9. The van der Waals surface area contributed by atoms with E-state index in [9.17, 15) is 9.59 Å². The van der Waals surface area contributed by atoms with Crippen LogP contribution in [0.25, 0.3) is 0 Å². The summed E-state index contributed by atoms with van der Waals surface area (Å²) in [6, 6.07) is 7.14. The van der Waals surface area contributed by atoms with Crippen LogP contribution in [0.2, 0.25) is 0 Å². The fourth-order valence-electron chi connectivity index (χ4n) is 1.73. The van der Waals surface area contributed by atoms with Gasteiger partial charge in [0, 0.05) is 23.6 Å². The molecule has 19 heavy (non-hydrogen) atoms. The van der Waals surface area contributed by atoms with Crippen LogP contribution in [0.5, 0.6) is 0 Å². The summed E-state index contributed by atoms with van der Waals surface area (Å²) >= 11 is 0. The van der Waals surface area contributed by atoms with Crippen molar-refractivity contribution in [2.24, 2.45) is 11.8 Å². The molecule has 1 rings (SSSR count). The van der Waals surface area contributed by atoms with Gasteiger partial charge in [-0.05, 0) is 24.5 Å². The Bertz CT molecular complexity index is 450. The molecule has 3 nitrogen and oxygen atoms in total. The number of nitrogens with one attached hydrogen (secondary N) is 1. The third kappa shape index (κ3) is 5.25. The normalized spacial score (nSPS) is 10.8. The monoisotopic (exact) mass is 261 g/mol. The van der Waals surface area contributed by atoms with Gasteiger partial charge in [0.1, 0.15) is 0 Å². The van der Waals surface area contributed by atoms with Crippen molar-refractivity contribution in [3.05, 3.63) is 29.8 Å². The largest absolute Gasteiger partial charge is 0.326 e. The van der Waals surface area contributed by atoms with Crippen LogP contribution in [0.4, 0.5) is 5.69 Å². The van der Waals surface area contributed by atoms with Crippen LogP contribution in [-0.4, -0.2) is 11.7 Å². The highest BCUT2D eigenvalue weighted by Gasteiger charge is 2.11. The van der Waals surface area contributed by atoms with Crippen molar-refractivity contribution in [3.63, 3.8) is 0 Å². The molecule has 1 aromatic carbocycles. The molecule has 0 aromatic heterocycles. The lowest BCUT2D eigenvalue weighted by Gasteiger charge is -2.09. The second-order valence-electron chi connectivity index (χ2n) is 5.58. The molecule has 0 aliphatic carbocycles. The third-order valence-electron chi connectivity index (χ3n) is 2.90. The topological polar surface area (TPSA) is 46.2 Å². The zero-order chi connectivity index (χ0) is 14.4. The number of benzene rings is 1. The van der Waals surface area contributed by atoms with Crippen LogP contribution in [-0.2, 0) is 4.79 Å². The highest BCUT2D eigenvalue weighted by Crippen LogP contribution is 2.15. The van der Waals surface area contributed by atoms with Crippen molar-refractivity contribution in [1.29, 1.82) is 0 Å². The molecule has 1 N–H and O–H groups in total. The molecule has 1 amide bonds. The predicted molar refractivity (Wildman–Crippen MR) is 78.3 cm³/mol. The average molecular weight is 261 g/mol. The molecule has 0 spiro atoms. The van der Waals surface area contributed by atoms with E-state index in [4.69, 9.17) is 0 Å². The highest BCUT2D eigenvalue weighted by atomic mass is 16.1. The van der Waals surface area contributed by atoms with E-state index in [-0.39, 0.29) is 17.6 Å². The second-order valence-corrected chi connectivity index (χ2v) is 5.58. The first-order valence-electron chi connectivity index (χ1n) is 6.84. The zero-order valence-electron chi connectivity index (χ0n) is 12.2. The highest BCUT2D eigenvalue weighted by molar-refractivity contribution is 5.99. The standard InChI is InChI=1S/C16H23NO2/c1-11(2)8-9-15(18)17-14-7-5-6-13(10-14)16(19)12(3)4/h5-7,10-12H,8-9H2,1-4H3,(H,17,18). The quantitative estimate of drug-likeness (QED) is 0.789. The van der Waals surface area contributed by atoms with Crippen LogP contribution in [0.1, 0.15) is 50.9 Å². The fourth-order valence-corrected chi connectivity index (χ4v) is 1.73. The Morgan fingerprint density at radius 3 is 2.42 bits per heavy atom. The molecule has 0 fully saturated rings. The molecule has 0 aliphatic rings. The zero-order valence-corrected chi connectivity index (χ0v) is 12.2. The van der Waals surface area contributed by atoms with Crippen LogP contribution >= 0.6 is 0 Å². The lowest BCUT2D eigenvalue weighted by Crippen LogP contribution is -2.13. The smallest absolute Gasteiger partial charge is 0.224 e. The SMILES string of the molecule is CC(C)CCC(=O)Nc1cccc(C(=O)C(C)C)c1. The molecule has 3 heteroatoms. The molecule has 104 valence electrons. The summed E-state index contributed by atoms with van der Waals surface area (Å²) in [7, 11) is 0. The van der Waals surface area contributed by atoms with Gasteiger partial charge in [-0.3, -0.25) is 9.59 Å². The van der Waals surface area contributed by atoms with Gasteiger partial charge in [0.15, 0.2) is 5.78 Å². The molecule has 0 bridgehead atoms. The van der Waals surface area contributed by atoms with Crippen molar-refractivity contribution in [2.45, 2.75) is 40.5 Å². The van der Waals surface area contributed by atoms with E-state index >= 15 is 0 Å². The van der Waals surface area contributed by atoms with Gasteiger partial charge in [0.25, 0.3) is 0 Å². The van der Waals surface area contributed by atoms with E-state index in [1.807, 2.05) is 19.9 Å². The van der Waals surface area contributed by atoms with Crippen molar-refractivity contribution in [2.75, 3.05) is 5.32 Å². The van der Waals surface area contributed by atoms with E-state index in [1.54, 1.807) is 18.2 Å². The van der Waals surface area contributed by atoms with Gasteiger partial charge in [-0.25, -0.2) is 0 Å². The van der Waals surface area contributed by atoms with E-state index in [1.165, 1.54) is 0 Å². The van der Waals surface area contributed by atoms with E-state index in [2.05, 4.69) is 19.2 Å². The number of Topliss-reactive ketones (excluding diaryl/α,β-unsaturated/α-hetero) is 1. The molecule has 0 saturated carbocycles. The lowest BCUT2D eigenvalue weighted by molar-refractivity contribution is -0.116. The van der Waals surface area contributed by atoms with E-state index < -0.39 is 0 Å². The van der Waals surface area contributed by atoms with Gasteiger partial charge >= 0.3 is 0 Å². The van der Waals surface area contributed by atoms with Crippen LogP contribution in [0, 0.1) is 11.8 Å². The third-order valence-corrected chi connectivity index (χ3v) is 2.90. The summed E-state index contributed by atoms with van der Waals surface area (Å²) in [4.78, 5) is 23.6. The van der Waals surface area contributed by atoms with Gasteiger partial charge in [0.2, 0.25) is 5.91 Å². The number of carbonyl (C=O) groups excluding carboxylic acids is 2. The predicted octanol–water partition coefficient (Wildman–Crippen LogP) is 3.90. The molecular weight excluding hydrogens is 238 g/mol. The Morgan fingerprint density at radius 2 is 1.84 bits per heavy atom. The second kappa shape index (κ2) is 7.07. The van der Waals surface area contributed by atoms with Crippen molar-refractivity contribution in [1.82, 2.24) is 0 Å². The van der Waals surface area contributed by atoms with Gasteiger partial charge in [-0.2, -0.15) is 0 Å². The molecule has 0 heterocycles. The summed E-state index contributed by atoms with van der Waals surface area (Å²) < 4.78 is 0. The lowest BCUT2D eigenvalue weighted by atomic mass is 10.0. The minimum Gasteiger partial charge on any atom is -0.326 e. The Labute approximate surface area is 115 Å². The molecule has 0 atom stereocenters. The van der Waals surface area contributed by atoms with Gasteiger partial charge in [-0.1, -0.05) is 39.8 Å². The molecular formula is C16H23NO2. The summed E-state index contributed by atoms with van der Waals surface area (Å²) in [6.45, 7) is 7.93. The van der Waals surface area contributed by atoms with Gasteiger partial charge in [-0.15, -0.1) is 0 Å². The molecule has 0 aliphatic heterocycles. The van der Waals surface area contributed by atoms with Crippen molar-refractivity contribution in [3.8, 4) is 0 Å². The minimum atomic E-state index is -0.0353.